The Morgan fingerprint density at radius 3 is 2.24 bits per heavy atom. The van der Waals surface area contributed by atoms with E-state index in [2.05, 4.69) is 34.6 Å². The molecule has 0 radical (unpaired) electrons. The van der Waals surface area contributed by atoms with E-state index in [9.17, 15) is 9.18 Å². The first kappa shape index (κ1) is 17.7. The largest absolute Gasteiger partial charge is 0.309 e. The molecule has 0 aliphatic carbocycles. The van der Waals surface area contributed by atoms with Gasteiger partial charge in [0.2, 0.25) is 5.91 Å². The van der Waals surface area contributed by atoms with E-state index in [1.165, 1.54) is 6.07 Å². The van der Waals surface area contributed by atoms with Crippen LogP contribution in [0, 0.1) is 18.2 Å². The van der Waals surface area contributed by atoms with Crippen molar-refractivity contribution in [3.63, 3.8) is 0 Å². The van der Waals surface area contributed by atoms with Gasteiger partial charge in [-0.1, -0.05) is 34.6 Å². The summed E-state index contributed by atoms with van der Waals surface area (Å²) in [4.78, 5) is 14.6. The molecular formula is C18H28FNO. The minimum Gasteiger partial charge on any atom is -0.309 e. The minimum atomic E-state index is -0.230. The number of anilines is 1. The molecule has 0 atom stereocenters. The molecule has 0 unspecified atom stereocenters. The second-order valence-corrected chi connectivity index (χ2v) is 6.90. The minimum absolute atomic E-state index is 0.0591. The zero-order chi connectivity index (χ0) is 16.2. The van der Waals surface area contributed by atoms with Gasteiger partial charge in [0, 0.05) is 18.2 Å². The van der Waals surface area contributed by atoms with Crippen molar-refractivity contribution < 1.29 is 9.18 Å². The van der Waals surface area contributed by atoms with Crippen LogP contribution >= 0.6 is 0 Å². The first-order valence-corrected chi connectivity index (χ1v) is 7.77. The van der Waals surface area contributed by atoms with Crippen LogP contribution in [0.2, 0.25) is 0 Å². The third-order valence-corrected chi connectivity index (χ3v) is 3.68. The van der Waals surface area contributed by atoms with E-state index in [1.807, 2.05) is 4.90 Å². The molecule has 0 heterocycles. The van der Waals surface area contributed by atoms with Crippen LogP contribution in [0.3, 0.4) is 0 Å². The molecule has 0 aliphatic heterocycles. The van der Waals surface area contributed by atoms with Crippen molar-refractivity contribution in [1.82, 2.24) is 0 Å². The van der Waals surface area contributed by atoms with Gasteiger partial charge in [-0.15, -0.1) is 0 Å². The Balaban J connectivity index is 3.18. The highest BCUT2D eigenvalue weighted by molar-refractivity contribution is 5.94. The molecule has 1 amide bonds. The Morgan fingerprint density at radius 2 is 1.81 bits per heavy atom. The van der Waals surface area contributed by atoms with E-state index >= 15 is 0 Å². The van der Waals surface area contributed by atoms with Crippen LogP contribution in [0.4, 0.5) is 10.1 Å². The lowest BCUT2D eigenvalue weighted by molar-refractivity contribution is -0.120. The van der Waals surface area contributed by atoms with Gasteiger partial charge in [-0.25, -0.2) is 4.39 Å². The number of hydrogen-bond acceptors (Lipinski definition) is 1. The van der Waals surface area contributed by atoms with Crippen molar-refractivity contribution in [1.29, 1.82) is 0 Å². The van der Waals surface area contributed by atoms with Crippen molar-refractivity contribution >= 4 is 11.6 Å². The molecule has 0 saturated heterocycles. The summed E-state index contributed by atoms with van der Waals surface area (Å²) in [5.74, 6) is -0.117. The Kier molecular flexibility index (Phi) is 5.94. The Hall–Kier alpha value is -1.38. The van der Waals surface area contributed by atoms with E-state index in [0.717, 1.165) is 18.5 Å². The standard InChI is InChI=1S/C18H28FNO/c1-7-14(8-2)20(17(21)12-18(4,5)6)15-9-10-16(19)13(3)11-15/h9-11,14H,7-8,12H2,1-6H3. The number of rotatable bonds is 5. The SMILES string of the molecule is CCC(CC)N(C(=O)CC(C)(C)C)c1ccc(F)c(C)c1. The van der Waals surface area contributed by atoms with Gasteiger partial charge < -0.3 is 4.90 Å². The summed E-state index contributed by atoms with van der Waals surface area (Å²) in [6, 6.07) is 5.09. The van der Waals surface area contributed by atoms with Gasteiger partial charge in [0.05, 0.1) is 0 Å². The molecule has 0 spiro atoms. The van der Waals surface area contributed by atoms with Gasteiger partial charge in [-0.2, -0.15) is 0 Å². The average Bonchev–Trinajstić information content (AvgIpc) is 2.37. The number of carbonyl (C=O) groups excluding carboxylic acids is 1. The van der Waals surface area contributed by atoms with Crippen molar-refractivity contribution in [2.75, 3.05) is 4.90 Å². The third kappa shape index (κ3) is 4.83. The summed E-state index contributed by atoms with van der Waals surface area (Å²) in [6.07, 6.45) is 2.27. The monoisotopic (exact) mass is 293 g/mol. The maximum absolute atomic E-state index is 13.5. The van der Waals surface area contributed by atoms with Gasteiger partial charge in [-0.3, -0.25) is 4.79 Å². The van der Waals surface area contributed by atoms with Crippen LogP contribution in [0.15, 0.2) is 18.2 Å². The van der Waals surface area contributed by atoms with Crippen LogP contribution in [0.25, 0.3) is 0 Å². The summed E-state index contributed by atoms with van der Waals surface area (Å²) >= 11 is 0. The van der Waals surface area contributed by atoms with Crippen molar-refractivity contribution in [3.8, 4) is 0 Å². The van der Waals surface area contributed by atoms with Crippen molar-refractivity contribution in [2.24, 2.45) is 5.41 Å². The summed E-state index contributed by atoms with van der Waals surface area (Å²) in [5, 5.41) is 0. The first-order valence-electron chi connectivity index (χ1n) is 7.77. The topological polar surface area (TPSA) is 20.3 Å². The number of carbonyl (C=O) groups is 1. The van der Waals surface area contributed by atoms with Crippen LogP contribution in [0.5, 0.6) is 0 Å². The predicted octanol–water partition coefficient (Wildman–Crippen LogP) is 5.09. The smallest absolute Gasteiger partial charge is 0.227 e. The van der Waals surface area contributed by atoms with Crippen molar-refractivity contribution in [3.05, 3.63) is 29.6 Å². The zero-order valence-electron chi connectivity index (χ0n) is 14.2. The summed E-state index contributed by atoms with van der Waals surface area (Å²) in [5.41, 5.74) is 1.32. The molecule has 0 aromatic heterocycles. The highest BCUT2D eigenvalue weighted by Gasteiger charge is 2.27. The quantitative estimate of drug-likeness (QED) is 0.740. The molecule has 0 saturated carbocycles. The normalized spacial score (nSPS) is 11.8. The maximum Gasteiger partial charge on any atom is 0.227 e. The predicted molar refractivity (Wildman–Crippen MR) is 87.1 cm³/mol. The van der Waals surface area contributed by atoms with E-state index in [1.54, 1.807) is 19.1 Å². The molecule has 0 N–H and O–H groups in total. The summed E-state index contributed by atoms with van der Waals surface area (Å²) in [7, 11) is 0. The molecule has 2 nitrogen and oxygen atoms in total. The van der Waals surface area contributed by atoms with Crippen LogP contribution in [-0.2, 0) is 4.79 Å². The molecular weight excluding hydrogens is 265 g/mol. The molecule has 1 aromatic carbocycles. The number of hydrogen-bond donors (Lipinski definition) is 0. The molecule has 1 rings (SSSR count). The number of halogens is 1. The highest BCUT2D eigenvalue weighted by Crippen LogP contribution is 2.27. The molecule has 1 aromatic rings. The average molecular weight is 293 g/mol. The summed E-state index contributed by atoms with van der Waals surface area (Å²) in [6.45, 7) is 12.1. The lowest BCUT2D eigenvalue weighted by Crippen LogP contribution is -2.41. The second kappa shape index (κ2) is 7.06. The molecule has 0 bridgehead atoms. The van der Waals surface area contributed by atoms with Gasteiger partial charge in [-0.05, 0) is 48.9 Å². The number of amides is 1. The zero-order valence-corrected chi connectivity index (χ0v) is 14.2. The van der Waals surface area contributed by atoms with Crippen LogP contribution in [-0.4, -0.2) is 11.9 Å². The van der Waals surface area contributed by atoms with Gasteiger partial charge in [0.1, 0.15) is 5.82 Å². The van der Waals surface area contributed by atoms with Gasteiger partial charge in [0.15, 0.2) is 0 Å². The lowest BCUT2D eigenvalue weighted by Gasteiger charge is -2.33. The molecule has 0 aliphatic rings. The molecule has 21 heavy (non-hydrogen) atoms. The highest BCUT2D eigenvalue weighted by atomic mass is 19.1. The van der Waals surface area contributed by atoms with E-state index in [4.69, 9.17) is 0 Å². The van der Waals surface area contributed by atoms with E-state index in [-0.39, 0.29) is 23.2 Å². The van der Waals surface area contributed by atoms with Crippen LogP contribution in [0.1, 0.15) is 59.4 Å². The number of benzene rings is 1. The van der Waals surface area contributed by atoms with Gasteiger partial charge >= 0.3 is 0 Å². The van der Waals surface area contributed by atoms with Crippen LogP contribution < -0.4 is 4.90 Å². The van der Waals surface area contributed by atoms with E-state index in [0.29, 0.717) is 12.0 Å². The Labute approximate surface area is 128 Å². The molecule has 3 heteroatoms. The fourth-order valence-electron chi connectivity index (χ4n) is 2.53. The first-order chi connectivity index (χ1) is 9.69. The fourth-order valence-corrected chi connectivity index (χ4v) is 2.53. The Bertz CT molecular complexity index is 486. The molecule has 118 valence electrons. The van der Waals surface area contributed by atoms with Gasteiger partial charge in [0.25, 0.3) is 0 Å². The number of nitrogens with zero attached hydrogens (tertiary/aromatic N) is 1. The van der Waals surface area contributed by atoms with E-state index < -0.39 is 0 Å². The molecule has 0 fully saturated rings. The second-order valence-electron chi connectivity index (χ2n) is 6.90. The lowest BCUT2D eigenvalue weighted by atomic mass is 9.91. The maximum atomic E-state index is 13.5. The Morgan fingerprint density at radius 1 is 1.24 bits per heavy atom. The summed E-state index contributed by atoms with van der Waals surface area (Å²) < 4.78 is 13.5. The third-order valence-electron chi connectivity index (χ3n) is 3.68. The number of aryl methyl sites for hydroxylation is 1. The van der Waals surface area contributed by atoms with Crippen molar-refractivity contribution in [2.45, 2.75) is 66.8 Å². The fraction of sp³-hybridized carbons (Fsp3) is 0.611.